The van der Waals surface area contributed by atoms with Gasteiger partial charge in [-0.15, -0.1) is 12.4 Å². The lowest BCUT2D eigenvalue weighted by molar-refractivity contribution is 0.456. The first kappa shape index (κ1) is 16.8. The van der Waals surface area contributed by atoms with Crippen molar-refractivity contribution in [1.82, 2.24) is 0 Å². The molecule has 0 aliphatic carbocycles. The van der Waals surface area contributed by atoms with Crippen LogP contribution in [0.25, 0.3) is 0 Å². The largest absolute Gasteiger partial charge is 0.508 e. The highest BCUT2D eigenvalue weighted by molar-refractivity contribution is 6.35. The van der Waals surface area contributed by atoms with Crippen molar-refractivity contribution in [3.63, 3.8) is 0 Å². The van der Waals surface area contributed by atoms with E-state index in [1.165, 1.54) is 6.07 Å². The fourth-order valence-electron chi connectivity index (χ4n) is 1.59. The normalized spacial score (nSPS) is 12.0. The van der Waals surface area contributed by atoms with Crippen molar-refractivity contribution in [3.8, 4) is 5.75 Å². The number of phenols is 1. The van der Waals surface area contributed by atoms with Crippen LogP contribution >= 0.6 is 35.6 Å². The average molecular weight is 300 g/mol. The number of phenolic OH excluding ortho intramolecular Hbond substituents is 1. The predicted molar refractivity (Wildman–Crippen MR) is 75.2 cm³/mol. The number of hydrogen-bond donors (Lipinski definition) is 3. The quantitative estimate of drug-likeness (QED) is 0.731. The fraction of sp³-hybridized carbons (Fsp3) is 0.455. The fourth-order valence-corrected chi connectivity index (χ4v) is 2.21. The van der Waals surface area contributed by atoms with E-state index in [9.17, 15) is 5.11 Å². The molecule has 0 aliphatic heterocycles. The minimum Gasteiger partial charge on any atom is -0.508 e. The van der Waals surface area contributed by atoms with E-state index in [0.717, 1.165) is 19.3 Å². The monoisotopic (exact) mass is 298 g/mol. The highest BCUT2D eigenvalue weighted by Crippen LogP contribution is 2.35. The van der Waals surface area contributed by atoms with Crippen molar-refractivity contribution in [2.24, 2.45) is 11.5 Å². The van der Waals surface area contributed by atoms with Gasteiger partial charge in [-0.2, -0.15) is 0 Å². The highest BCUT2D eigenvalue weighted by Gasteiger charge is 2.15. The Hall–Kier alpha value is -0.190. The van der Waals surface area contributed by atoms with Crippen LogP contribution in [-0.2, 0) is 0 Å². The van der Waals surface area contributed by atoms with Gasteiger partial charge in [0.15, 0.2) is 0 Å². The topological polar surface area (TPSA) is 72.3 Å². The number of unbranched alkanes of at least 4 members (excludes halogenated alkanes) is 1. The van der Waals surface area contributed by atoms with Crippen LogP contribution in [0.4, 0.5) is 0 Å². The minimum absolute atomic E-state index is 0. The summed E-state index contributed by atoms with van der Waals surface area (Å²) in [5, 5.41) is 10.5. The molecule has 0 spiro atoms. The van der Waals surface area contributed by atoms with Crippen LogP contribution in [-0.4, -0.2) is 11.7 Å². The molecule has 0 fully saturated rings. The van der Waals surface area contributed by atoms with Crippen molar-refractivity contribution in [2.75, 3.05) is 6.54 Å². The molecule has 0 saturated heterocycles. The van der Waals surface area contributed by atoms with Gasteiger partial charge in [0, 0.05) is 16.6 Å². The number of nitrogens with two attached hydrogens (primary N) is 2. The third-order valence-electron chi connectivity index (χ3n) is 2.41. The van der Waals surface area contributed by atoms with Crippen molar-refractivity contribution in [1.29, 1.82) is 0 Å². The number of aromatic hydroxyl groups is 1. The van der Waals surface area contributed by atoms with Crippen LogP contribution in [0.2, 0.25) is 10.0 Å². The molecule has 0 heterocycles. The van der Waals surface area contributed by atoms with E-state index in [-0.39, 0.29) is 24.2 Å². The van der Waals surface area contributed by atoms with Crippen LogP contribution in [0.15, 0.2) is 12.1 Å². The van der Waals surface area contributed by atoms with Crippen LogP contribution in [0.3, 0.4) is 0 Å². The van der Waals surface area contributed by atoms with Crippen molar-refractivity contribution >= 4 is 35.6 Å². The Morgan fingerprint density at radius 1 is 1.24 bits per heavy atom. The summed E-state index contributed by atoms with van der Waals surface area (Å²) in [4.78, 5) is 0. The van der Waals surface area contributed by atoms with Crippen LogP contribution in [0.5, 0.6) is 5.75 Å². The molecule has 1 aromatic rings. The summed E-state index contributed by atoms with van der Waals surface area (Å²) in [5.41, 5.74) is 11.9. The average Bonchev–Trinajstić information content (AvgIpc) is 2.16. The maximum Gasteiger partial charge on any atom is 0.123 e. The number of halogens is 3. The molecule has 98 valence electrons. The van der Waals surface area contributed by atoms with Gasteiger partial charge >= 0.3 is 0 Å². The summed E-state index contributed by atoms with van der Waals surface area (Å²) in [6.07, 6.45) is 2.57. The summed E-state index contributed by atoms with van der Waals surface area (Å²) in [6.45, 7) is 0.646. The number of rotatable bonds is 5. The molecule has 6 heteroatoms. The first-order valence-corrected chi connectivity index (χ1v) is 5.95. The molecule has 0 bridgehead atoms. The van der Waals surface area contributed by atoms with E-state index in [0.29, 0.717) is 22.2 Å². The zero-order valence-corrected chi connectivity index (χ0v) is 11.7. The number of hydrogen-bond acceptors (Lipinski definition) is 3. The second-order valence-electron chi connectivity index (χ2n) is 3.71. The van der Waals surface area contributed by atoms with E-state index in [2.05, 4.69) is 0 Å². The van der Waals surface area contributed by atoms with Gasteiger partial charge in [-0.1, -0.05) is 29.6 Å². The zero-order chi connectivity index (χ0) is 12.1. The van der Waals surface area contributed by atoms with Crippen molar-refractivity contribution in [2.45, 2.75) is 25.3 Å². The van der Waals surface area contributed by atoms with Crippen LogP contribution < -0.4 is 11.5 Å². The van der Waals surface area contributed by atoms with Gasteiger partial charge in [0.05, 0.1) is 5.02 Å². The molecule has 5 N–H and O–H groups in total. The molecule has 0 aromatic heterocycles. The van der Waals surface area contributed by atoms with Gasteiger partial charge in [0.1, 0.15) is 5.75 Å². The molecule has 0 saturated carbocycles. The summed E-state index contributed by atoms with van der Waals surface area (Å²) in [7, 11) is 0. The Balaban J connectivity index is 0.00000256. The van der Waals surface area contributed by atoms with E-state index >= 15 is 0 Å². The third kappa shape index (κ3) is 4.90. The van der Waals surface area contributed by atoms with Gasteiger partial charge in [0.25, 0.3) is 0 Å². The van der Waals surface area contributed by atoms with Gasteiger partial charge in [-0.05, 0) is 31.5 Å². The molecule has 0 aliphatic rings. The Kier molecular flexibility index (Phi) is 7.92. The molecule has 0 radical (unpaired) electrons. The SMILES string of the molecule is Cl.NCCCC[C@@H](N)c1c(O)cc(Cl)cc1Cl. The lowest BCUT2D eigenvalue weighted by atomic mass is 10.0. The van der Waals surface area contributed by atoms with Gasteiger partial charge < -0.3 is 16.6 Å². The molecule has 0 unspecified atom stereocenters. The summed E-state index contributed by atoms with van der Waals surface area (Å²) in [6, 6.07) is 2.75. The zero-order valence-electron chi connectivity index (χ0n) is 9.33. The first-order chi connectivity index (χ1) is 7.56. The van der Waals surface area contributed by atoms with Crippen molar-refractivity contribution in [3.05, 3.63) is 27.7 Å². The standard InChI is InChI=1S/C11H16Cl2N2O.ClH/c12-7-5-8(13)11(10(16)6-7)9(15)3-1-2-4-14;/h5-6,9,16H,1-4,14-15H2;1H/t9-;/m1./s1. The molecular formula is C11H17Cl3N2O. The first-order valence-electron chi connectivity index (χ1n) is 5.19. The summed E-state index contributed by atoms with van der Waals surface area (Å²) in [5.74, 6) is 0.0535. The molecular weight excluding hydrogens is 282 g/mol. The molecule has 3 nitrogen and oxygen atoms in total. The lowest BCUT2D eigenvalue weighted by Gasteiger charge is -2.15. The van der Waals surface area contributed by atoms with Crippen LogP contribution in [0, 0.1) is 0 Å². The maximum absolute atomic E-state index is 9.73. The maximum atomic E-state index is 9.73. The summed E-state index contributed by atoms with van der Waals surface area (Å²) < 4.78 is 0. The second-order valence-corrected chi connectivity index (χ2v) is 4.55. The Bertz CT molecular complexity index is 338. The predicted octanol–water partition coefficient (Wildman–Crippen LogP) is 3.25. The van der Waals surface area contributed by atoms with Gasteiger partial charge in [-0.25, -0.2) is 0 Å². The highest BCUT2D eigenvalue weighted by atomic mass is 35.5. The van der Waals surface area contributed by atoms with E-state index in [1.807, 2.05) is 0 Å². The molecule has 1 rings (SSSR count). The van der Waals surface area contributed by atoms with Crippen molar-refractivity contribution < 1.29 is 5.11 Å². The lowest BCUT2D eigenvalue weighted by Crippen LogP contribution is -2.12. The van der Waals surface area contributed by atoms with Gasteiger partial charge in [0.2, 0.25) is 0 Å². The Morgan fingerprint density at radius 2 is 1.88 bits per heavy atom. The number of benzene rings is 1. The summed E-state index contributed by atoms with van der Waals surface area (Å²) >= 11 is 11.7. The Morgan fingerprint density at radius 3 is 2.41 bits per heavy atom. The van der Waals surface area contributed by atoms with Crippen LogP contribution in [0.1, 0.15) is 30.9 Å². The van der Waals surface area contributed by atoms with E-state index in [4.69, 9.17) is 34.7 Å². The molecule has 0 amide bonds. The van der Waals surface area contributed by atoms with E-state index < -0.39 is 0 Å². The smallest absolute Gasteiger partial charge is 0.123 e. The molecule has 17 heavy (non-hydrogen) atoms. The molecule has 1 aromatic carbocycles. The van der Waals surface area contributed by atoms with Gasteiger partial charge in [-0.3, -0.25) is 0 Å². The van der Waals surface area contributed by atoms with E-state index in [1.54, 1.807) is 6.07 Å². The minimum atomic E-state index is -0.281. The second kappa shape index (κ2) is 8.01. The third-order valence-corrected chi connectivity index (χ3v) is 2.94. The molecule has 1 atom stereocenters. The Labute approximate surface area is 117 Å².